The van der Waals surface area contributed by atoms with E-state index in [1.807, 2.05) is 28.9 Å². The zero-order chi connectivity index (χ0) is 24.7. The Kier molecular flexibility index (Phi) is 6.28. The van der Waals surface area contributed by atoms with Crippen molar-refractivity contribution in [3.05, 3.63) is 40.2 Å². The van der Waals surface area contributed by atoms with Crippen LogP contribution in [0.2, 0.25) is 0 Å². The van der Waals surface area contributed by atoms with Gasteiger partial charge in [-0.3, -0.25) is 0 Å². The zero-order valence-corrected chi connectivity index (χ0v) is 19.6. The number of β-amino-alcohol motifs (C(OH)–C–C–N with tert-alkyl or cyclic N) is 1. The Balaban J connectivity index is 1.51. The summed E-state index contributed by atoms with van der Waals surface area (Å²) in [6, 6.07) is 6.57. The number of anilines is 4. The molecule has 12 heteroatoms. The van der Waals surface area contributed by atoms with Crippen molar-refractivity contribution < 1.29 is 9.52 Å². The molecule has 12 nitrogen and oxygen atoms in total. The lowest BCUT2D eigenvalue weighted by Crippen LogP contribution is -2.53. The molecule has 0 amide bonds. The molecule has 0 unspecified atom stereocenters. The smallest absolute Gasteiger partial charge is 0.336 e. The van der Waals surface area contributed by atoms with E-state index in [1.165, 1.54) is 6.07 Å². The van der Waals surface area contributed by atoms with E-state index in [0.717, 1.165) is 17.4 Å². The molecule has 35 heavy (non-hydrogen) atoms. The van der Waals surface area contributed by atoms with Crippen LogP contribution in [-0.2, 0) is 0 Å². The summed E-state index contributed by atoms with van der Waals surface area (Å²) in [5.74, 6) is 1.16. The lowest BCUT2D eigenvalue weighted by atomic mass is 10.0. The molecule has 0 bridgehead atoms. The number of nitrogens with zero attached hydrogens (tertiary/aromatic N) is 5. The van der Waals surface area contributed by atoms with E-state index in [0.29, 0.717) is 61.7 Å². The van der Waals surface area contributed by atoms with Crippen LogP contribution in [0.3, 0.4) is 0 Å². The first-order valence-electron chi connectivity index (χ1n) is 11.8. The quantitative estimate of drug-likeness (QED) is 0.309. The molecule has 2 saturated heterocycles. The molecule has 0 saturated carbocycles. The molecule has 0 spiro atoms. The summed E-state index contributed by atoms with van der Waals surface area (Å²) in [7, 11) is 0. The Morgan fingerprint density at radius 3 is 2.23 bits per heavy atom. The van der Waals surface area contributed by atoms with E-state index in [9.17, 15) is 9.90 Å². The van der Waals surface area contributed by atoms with E-state index in [2.05, 4.69) is 20.3 Å². The summed E-state index contributed by atoms with van der Waals surface area (Å²) in [5, 5.41) is 14.3. The number of aryl methyl sites for hydroxylation is 1. The summed E-state index contributed by atoms with van der Waals surface area (Å²) in [4.78, 5) is 29.6. The largest absolute Gasteiger partial charge is 0.423 e. The van der Waals surface area contributed by atoms with Gasteiger partial charge in [-0.05, 0) is 37.5 Å². The number of benzene rings is 1. The molecule has 0 aliphatic carbocycles. The van der Waals surface area contributed by atoms with Gasteiger partial charge in [0.05, 0.1) is 6.10 Å². The molecule has 0 radical (unpaired) electrons. The van der Waals surface area contributed by atoms with Crippen LogP contribution in [0.1, 0.15) is 18.4 Å². The fourth-order valence-electron chi connectivity index (χ4n) is 4.84. The molecule has 2 aliphatic heterocycles. The summed E-state index contributed by atoms with van der Waals surface area (Å²) < 4.78 is 5.37. The molecule has 2 aromatic heterocycles. The third-order valence-electron chi connectivity index (χ3n) is 6.36. The zero-order valence-electron chi connectivity index (χ0n) is 19.6. The Bertz CT molecular complexity index is 1220. The highest BCUT2D eigenvalue weighted by Gasteiger charge is 2.29. The second-order valence-corrected chi connectivity index (χ2v) is 9.56. The second kappa shape index (κ2) is 9.38. The minimum atomic E-state index is -0.571. The van der Waals surface area contributed by atoms with E-state index in [4.69, 9.17) is 21.6 Å². The van der Waals surface area contributed by atoms with Crippen LogP contribution in [0.5, 0.6) is 0 Å². The van der Waals surface area contributed by atoms with Gasteiger partial charge >= 0.3 is 5.63 Å². The normalized spacial score (nSPS) is 25.2. The standard InChI is InChI=1S/C23H31N9O3/c1-12-4-20(34)35-19-7-16(2-3-18(12)19)27-21-28-22(31-8-13(24)5-14(25)9-31)30-23(29-21)32-10-15(26)6-17(33)11-32/h2-4,7,13-15,17,33H,5-6,8-11,24-26H2,1H3,(H,27,28,29,30)/t13-,14+,15-,17+/m0/s1. The van der Waals surface area contributed by atoms with Gasteiger partial charge in [0.15, 0.2) is 0 Å². The molecule has 4 heterocycles. The van der Waals surface area contributed by atoms with E-state index in [1.54, 1.807) is 6.07 Å². The van der Waals surface area contributed by atoms with Crippen molar-refractivity contribution in [3.8, 4) is 0 Å². The van der Waals surface area contributed by atoms with Crippen LogP contribution < -0.4 is 37.9 Å². The average molecular weight is 482 g/mol. The minimum absolute atomic E-state index is 0.0905. The molecule has 8 N–H and O–H groups in total. The maximum absolute atomic E-state index is 11.8. The number of aliphatic hydroxyl groups is 1. The van der Waals surface area contributed by atoms with Gasteiger partial charge in [-0.1, -0.05) is 0 Å². The molecule has 1 aromatic carbocycles. The Morgan fingerprint density at radius 1 is 0.943 bits per heavy atom. The highest BCUT2D eigenvalue weighted by atomic mass is 16.4. The Hall–Kier alpha value is -3.32. The summed E-state index contributed by atoms with van der Waals surface area (Å²) in [5.41, 5.74) is 20.1. The number of nitrogens with one attached hydrogen (secondary N) is 1. The van der Waals surface area contributed by atoms with Crippen molar-refractivity contribution in [2.24, 2.45) is 17.2 Å². The monoisotopic (exact) mass is 481 g/mol. The first-order chi connectivity index (χ1) is 16.7. The number of fused-ring (bicyclic) bond motifs is 1. The van der Waals surface area contributed by atoms with Crippen LogP contribution in [0.4, 0.5) is 23.5 Å². The predicted octanol–water partition coefficient (Wildman–Crippen LogP) is -0.207. The van der Waals surface area contributed by atoms with Crippen LogP contribution >= 0.6 is 0 Å². The van der Waals surface area contributed by atoms with Gasteiger partial charge in [-0.25, -0.2) is 4.79 Å². The molecular weight excluding hydrogens is 450 g/mol. The molecule has 186 valence electrons. The SMILES string of the molecule is Cc1cc(=O)oc2cc(Nc3nc(N4C[C@H](N)C[C@H](N)C4)nc(N4C[C@@H](N)C[C@@H](O)C4)n3)ccc12. The Labute approximate surface area is 202 Å². The predicted molar refractivity (Wildman–Crippen MR) is 134 cm³/mol. The van der Waals surface area contributed by atoms with Gasteiger partial charge in [0.1, 0.15) is 5.58 Å². The van der Waals surface area contributed by atoms with Gasteiger partial charge in [0.25, 0.3) is 0 Å². The van der Waals surface area contributed by atoms with Crippen molar-refractivity contribution in [2.45, 2.75) is 44.0 Å². The van der Waals surface area contributed by atoms with Crippen LogP contribution in [-0.4, -0.2) is 70.5 Å². The van der Waals surface area contributed by atoms with Crippen molar-refractivity contribution in [2.75, 3.05) is 41.3 Å². The van der Waals surface area contributed by atoms with E-state index < -0.39 is 11.7 Å². The third kappa shape index (κ3) is 5.20. The number of piperidine rings is 2. The van der Waals surface area contributed by atoms with Gasteiger partial charge in [0, 0.05) is 67.5 Å². The Morgan fingerprint density at radius 2 is 1.57 bits per heavy atom. The van der Waals surface area contributed by atoms with Crippen molar-refractivity contribution in [1.82, 2.24) is 15.0 Å². The number of aromatic nitrogens is 3. The maximum atomic E-state index is 11.8. The van der Waals surface area contributed by atoms with Crippen LogP contribution in [0.15, 0.2) is 33.5 Å². The first kappa shape index (κ1) is 23.4. The minimum Gasteiger partial charge on any atom is -0.423 e. The van der Waals surface area contributed by atoms with E-state index >= 15 is 0 Å². The highest BCUT2D eigenvalue weighted by Crippen LogP contribution is 2.26. The number of nitrogens with two attached hydrogens (primary N) is 3. The maximum Gasteiger partial charge on any atom is 0.336 e. The lowest BCUT2D eigenvalue weighted by Gasteiger charge is -2.36. The molecule has 2 fully saturated rings. The number of rotatable bonds is 4. The fourth-order valence-corrected chi connectivity index (χ4v) is 4.84. The molecular formula is C23H31N9O3. The highest BCUT2D eigenvalue weighted by molar-refractivity contribution is 5.83. The lowest BCUT2D eigenvalue weighted by molar-refractivity contribution is 0.144. The molecule has 2 aliphatic rings. The van der Waals surface area contributed by atoms with Gasteiger partial charge < -0.3 is 41.8 Å². The third-order valence-corrected chi connectivity index (χ3v) is 6.36. The van der Waals surface area contributed by atoms with Crippen molar-refractivity contribution in [3.63, 3.8) is 0 Å². The van der Waals surface area contributed by atoms with Gasteiger partial charge in [-0.15, -0.1) is 0 Å². The molecule has 4 atom stereocenters. The number of hydrogen-bond donors (Lipinski definition) is 5. The van der Waals surface area contributed by atoms with Gasteiger partial charge in [-0.2, -0.15) is 15.0 Å². The van der Waals surface area contributed by atoms with Crippen molar-refractivity contribution >= 4 is 34.5 Å². The molecule has 3 aromatic rings. The van der Waals surface area contributed by atoms with E-state index in [-0.39, 0.29) is 18.1 Å². The summed E-state index contributed by atoms with van der Waals surface area (Å²) >= 11 is 0. The number of aliphatic hydroxyl groups excluding tert-OH is 1. The topological polar surface area (TPSA) is 186 Å². The summed E-state index contributed by atoms with van der Waals surface area (Å²) in [6.07, 6.45) is 0.685. The average Bonchev–Trinajstić information content (AvgIpc) is 2.77. The summed E-state index contributed by atoms with van der Waals surface area (Å²) in [6.45, 7) is 3.89. The number of hydrogen-bond acceptors (Lipinski definition) is 12. The fraction of sp³-hybridized carbons (Fsp3) is 0.478. The van der Waals surface area contributed by atoms with Crippen LogP contribution in [0.25, 0.3) is 11.0 Å². The van der Waals surface area contributed by atoms with Crippen LogP contribution in [0, 0.1) is 6.92 Å². The molecule has 5 rings (SSSR count). The van der Waals surface area contributed by atoms with Crippen molar-refractivity contribution in [1.29, 1.82) is 0 Å². The first-order valence-corrected chi connectivity index (χ1v) is 11.8. The van der Waals surface area contributed by atoms with Gasteiger partial charge in [0.2, 0.25) is 17.8 Å². The second-order valence-electron chi connectivity index (χ2n) is 9.56.